The second kappa shape index (κ2) is 4.79. The molecule has 0 saturated carbocycles. The Hall–Kier alpha value is -1.86. The van der Waals surface area contributed by atoms with E-state index in [2.05, 4.69) is 14.7 Å². The van der Waals surface area contributed by atoms with Gasteiger partial charge in [0.15, 0.2) is 0 Å². The van der Waals surface area contributed by atoms with Gasteiger partial charge in [0.05, 0.1) is 23.8 Å². The van der Waals surface area contributed by atoms with Gasteiger partial charge in [-0.3, -0.25) is 4.72 Å². The van der Waals surface area contributed by atoms with E-state index in [0.717, 1.165) is 0 Å². The molecule has 0 saturated heterocycles. The number of hydrogen-bond donors (Lipinski definition) is 2. The Labute approximate surface area is 109 Å². The summed E-state index contributed by atoms with van der Waals surface area (Å²) in [6.45, 7) is 0. The third-order valence-electron chi connectivity index (χ3n) is 2.07. The Bertz CT molecular complexity index is 661. The number of nitrogens with two attached hydrogens (primary N) is 1. The first-order chi connectivity index (χ1) is 8.49. The number of benzene rings is 1. The van der Waals surface area contributed by atoms with Crippen LogP contribution in [0.2, 0.25) is 5.02 Å². The Balaban J connectivity index is 2.37. The number of nitrogen functional groups attached to an aromatic ring is 1. The Kier molecular flexibility index (Phi) is 3.35. The van der Waals surface area contributed by atoms with E-state index in [1.54, 1.807) is 0 Å². The fraction of sp³-hybridized carbons (Fsp3) is 0. The van der Waals surface area contributed by atoms with Crippen LogP contribution in [-0.4, -0.2) is 18.4 Å². The molecule has 0 aliphatic heterocycles. The largest absolute Gasteiger partial charge is 0.398 e. The molecule has 1 aromatic carbocycles. The molecule has 0 spiro atoms. The lowest BCUT2D eigenvalue weighted by molar-refractivity contribution is 0.601. The highest BCUT2D eigenvalue weighted by Crippen LogP contribution is 2.24. The molecule has 94 valence electrons. The van der Waals surface area contributed by atoms with Gasteiger partial charge < -0.3 is 5.73 Å². The summed E-state index contributed by atoms with van der Waals surface area (Å²) in [5.41, 5.74) is 5.96. The molecule has 2 rings (SSSR count). The highest BCUT2D eigenvalue weighted by molar-refractivity contribution is 7.92. The minimum absolute atomic E-state index is 0.0456. The number of rotatable bonds is 3. The standard InChI is InChI=1S/C10H9ClN4O2S/c11-7-1-2-10(9(12)3-7)18(16,17)15-8-4-13-6-14-5-8/h1-6,15H,12H2. The number of halogens is 1. The molecule has 0 unspecified atom stereocenters. The lowest BCUT2D eigenvalue weighted by Gasteiger charge is -2.09. The summed E-state index contributed by atoms with van der Waals surface area (Å²) in [5, 5.41) is 0.370. The fourth-order valence-corrected chi connectivity index (χ4v) is 2.65. The molecular weight excluding hydrogens is 276 g/mol. The topological polar surface area (TPSA) is 98.0 Å². The number of anilines is 2. The lowest BCUT2D eigenvalue weighted by Crippen LogP contribution is -2.15. The number of nitrogens with one attached hydrogen (secondary N) is 1. The van der Waals surface area contributed by atoms with E-state index < -0.39 is 10.0 Å². The van der Waals surface area contributed by atoms with Crippen molar-refractivity contribution in [1.29, 1.82) is 0 Å². The van der Waals surface area contributed by atoms with Gasteiger partial charge in [-0.2, -0.15) is 0 Å². The van der Waals surface area contributed by atoms with Crippen molar-refractivity contribution in [3.63, 3.8) is 0 Å². The van der Waals surface area contributed by atoms with Crippen molar-refractivity contribution in [3.05, 3.63) is 41.9 Å². The summed E-state index contributed by atoms with van der Waals surface area (Å²) >= 11 is 5.71. The third kappa shape index (κ3) is 2.69. The van der Waals surface area contributed by atoms with Crippen molar-refractivity contribution in [2.24, 2.45) is 0 Å². The van der Waals surface area contributed by atoms with E-state index in [9.17, 15) is 8.42 Å². The van der Waals surface area contributed by atoms with Crippen LogP contribution in [0.15, 0.2) is 41.8 Å². The quantitative estimate of drug-likeness (QED) is 0.833. The van der Waals surface area contributed by atoms with Crippen LogP contribution in [0.25, 0.3) is 0 Å². The maximum atomic E-state index is 12.0. The zero-order valence-electron chi connectivity index (χ0n) is 9.04. The van der Waals surface area contributed by atoms with E-state index >= 15 is 0 Å². The summed E-state index contributed by atoms with van der Waals surface area (Å²) < 4.78 is 26.4. The van der Waals surface area contributed by atoms with E-state index in [-0.39, 0.29) is 16.3 Å². The molecule has 18 heavy (non-hydrogen) atoms. The van der Waals surface area contributed by atoms with Crippen LogP contribution in [-0.2, 0) is 10.0 Å². The van der Waals surface area contributed by atoms with Crippen LogP contribution in [0.4, 0.5) is 11.4 Å². The second-order valence-electron chi connectivity index (χ2n) is 3.41. The Morgan fingerprint density at radius 3 is 2.50 bits per heavy atom. The average Bonchev–Trinajstić information content (AvgIpc) is 2.29. The summed E-state index contributed by atoms with van der Waals surface area (Å²) in [6, 6.07) is 4.16. The van der Waals surface area contributed by atoms with Gasteiger partial charge in [0.1, 0.15) is 11.2 Å². The minimum atomic E-state index is -3.77. The van der Waals surface area contributed by atoms with E-state index in [4.69, 9.17) is 17.3 Å². The molecule has 1 aromatic heterocycles. The van der Waals surface area contributed by atoms with Crippen LogP contribution < -0.4 is 10.5 Å². The number of hydrogen-bond acceptors (Lipinski definition) is 5. The average molecular weight is 285 g/mol. The lowest BCUT2D eigenvalue weighted by atomic mass is 10.3. The maximum absolute atomic E-state index is 12.0. The smallest absolute Gasteiger partial charge is 0.264 e. The zero-order chi connectivity index (χ0) is 13.2. The predicted octanol–water partition coefficient (Wildman–Crippen LogP) is 1.51. The minimum Gasteiger partial charge on any atom is -0.398 e. The third-order valence-corrected chi connectivity index (χ3v) is 3.76. The van der Waals surface area contributed by atoms with Crippen molar-refractivity contribution < 1.29 is 8.42 Å². The molecule has 0 bridgehead atoms. The van der Waals surface area contributed by atoms with Gasteiger partial charge in [0.2, 0.25) is 0 Å². The molecule has 0 radical (unpaired) electrons. The van der Waals surface area contributed by atoms with E-state index in [1.165, 1.54) is 36.9 Å². The first-order valence-electron chi connectivity index (χ1n) is 4.82. The van der Waals surface area contributed by atoms with Gasteiger partial charge in [-0.15, -0.1) is 0 Å². The molecule has 0 fully saturated rings. The van der Waals surface area contributed by atoms with Crippen molar-refractivity contribution in [1.82, 2.24) is 9.97 Å². The summed E-state index contributed by atoms with van der Waals surface area (Å²) in [4.78, 5) is 7.37. The van der Waals surface area contributed by atoms with Crippen molar-refractivity contribution in [2.75, 3.05) is 10.5 Å². The maximum Gasteiger partial charge on any atom is 0.264 e. The first kappa shape index (κ1) is 12.6. The number of sulfonamides is 1. The van der Waals surface area contributed by atoms with Crippen molar-refractivity contribution >= 4 is 33.0 Å². The van der Waals surface area contributed by atoms with Crippen LogP contribution in [0, 0.1) is 0 Å². The molecule has 0 atom stereocenters. The monoisotopic (exact) mass is 284 g/mol. The molecule has 6 nitrogen and oxygen atoms in total. The summed E-state index contributed by atoms with van der Waals surface area (Å²) in [5.74, 6) is 0. The SMILES string of the molecule is Nc1cc(Cl)ccc1S(=O)(=O)Nc1cncnc1. The van der Waals surface area contributed by atoms with Crippen LogP contribution >= 0.6 is 11.6 Å². The van der Waals surface area contributed by atoms with E-state index in [0.29, 0.717) is 5.02 Å². The molecule has 1 heterocycles. The van der Waals surface area contributed by atoms with Gasteiger partial charge >= 0.3 is 0 Å². The zero-order valence-corrected chi connectivity index (χ0v) is 10.6. The van der Waals surface area contributed by atoms with Gasteiger partial charge in [0, 0.05) is 5.02 Å². The van der Waals surface area contributed by atoms with Gasteiger partial charge in [-0.25, -0.2) is 18.4 Å². The first-order valence-corrected chi connectivity index (χ1v) is 6.68. The predicted molar refractivity (Wildman–Crippen MR) is 68.7 cm³/mol. The van der Waals surface area contributed by atoms with Crippen LogP contribution in [0.5, 0.6) is 0 Å². The highest BCUT2D eigenvalue weighted by Gasteiger charge is 2.17. The molecule has 2 aromatic rings. The van der Waals surface area contributed by atoms with E-state index in [1.807, 2.05) is 0 Å². The van der Waals surface area contributed by atoms with Gasteiger partial charge in [0.25, 0.3) is 10.0 Å². The van der Waals surface area contributed by atoms with Gasteiger partial charge in [-0.1, -0.05) is 11.6 Å². The molecule has 0 amide bonds. The molecule has 3 N–H and O–H groups in total. The number of nitrogens with zero attached hydrogens (tertiary/aromatic N) is 2. The molecule has 0 aliphatic rings. The van der Waals surface area contributed by atoms with Crippen molar-refractivity contribution in [2.45, 2.75) is 4.90 Å². The van der Waals surface area contributed by atoms with Gasteiger partial charge in [-0.05, 0) is 18.2 Å². The van der Waals surface area contributed by atoms with Crippen LogP contribution in [0.1, 0.15) is 0 Å². The molecular formula is C10H9ClN4O2S. The summed E-state index contributed by atoms with van der Waals surface area (Å²) in [6.07, 6.45) is 3.99. The highest BCUT2D eigenvalue weighted by atomic mass is 35.5. The second-order valence-corrected chi connectivity index (χ2v) is 5.50. The molecule has 0 aliphatic carbocycles. The Morgan fingerprint density at radius 1 is 1.22 bits per heavy atom. The summed E-state index contributed by atoms with van der Waals surface area (Å²) in [7, 11) is -3.77. The Morgan fingerprint density at radius 2 is 1.89 bits per heavy atom. The normalized spacial score (nSPS) is 11.2. The molecule has 8 heteroatoms. The fourth-order valence-electron chi connectivity index (χ4n) is 1.33. The van der Waals surface area contributed by atoms with Crippen LogP contribution in [0.3, 0.4) is 0 Å². The van der Waals surface area contributed by atoms with Crippen molar-refractivity contribution in [3.8, 4) is 0 Å². The number of aromatic nitrogens is 2.